The van der Waals surface area contributed by atoms with Gasteiger partial charge in [0.25, 0.3) is 0 Å². The van der Waals surface area contributed by atoms with E-state index < -0.39 is 5.60 Å². The van der Waals surface area contributed by atoms with Crippen LogP contribution < -0.4 is 4.74 Å². The van der Waals surface area contributed by atoms with E-state index in [1.165, 1.54) is 0 Å². The van der Waals surface area contributed by atoms with Gasteiger partial charge in [0.1, 0.15) is 12.4 Å². The molecular weight excluding hydrogens is 346 g/mol. The van der Waals surface area contributed by atoms with E-state index in [4.69, 9.17) is 10.3 Å². The molecule has 1 unspecified atom stereocenters. The van der Waals surface area contributed by atoms with Gasteiger partial charge < -0.3 is 9.84 Å². The molecule has 0 aliphatic carbocycles. The zero-order chi connectivity index (χ0) is 16.0. The summed E-state index contributed by atoms with van der Waals surface area (Å²) in [7, 11) is 0. The number of azide groups is 1. The molecule has 0 saturated carbocycles. The van der Waals surface area contributed by atoms with Gasteiger partial charge in [0.15, 0.2) is 0 Å². The molecule has 5 nitrogen and oxygen atoms in total. The lowest BCUT2D eigenvalue weighted by Gasteiger charge is -2.23. The van der Waals surface area contributed by atoms with E-state index in [2.05, 4.69) is 26.0 Å². The van der Waals surface area contributed by atoms with Crippen molar-refractivity contribution >= 4 is 15.9 Å². The minimum atomic E-state index is -1.27. The summed E-state index contributed by atoms with van der Waals surface area (Å²) in [5.41, 5.74) is 8.83. The number of ether oxygens (including phenoxy) is 1. The lowest BCUT2D eigenvalue weighted by atomic mass is 9.96. The molecule has 0 amide bonds. The van der Waals surface area contributed by atoms with Gasteiger partial charge in [0.05, 0.1) is 12.1 Å². The van der Waals surface area contributed by atoms with Crippen molar-refractivity contribution in [2.75, 3.05) is 6.54 Å². The molecule has 0 aromatic heterocycles. The molecule has 114 valence electrons. The topological polar surface area (TPSA) is 78.2 Å². The number of aliphatic hydroxyl groups is 1. The summed E-state index contributed by atoms with van der Waals surface area (Å²) >= 11 is 3.40. The van der Waals surface area contributed by atoms with E-state index >= 15 is 0 Å². The predicted octanol–water partition coefficient (Wildman–Crippen LogP) is 4.55. The number of hydrogen-bond donors (Lipinski definition) is 1. The summed E-state index contributed by atoms with van der Waals surface area (Å²) in [4.78, 5) is 2.69. The molecule has 22 heavy (non-hydrogen) atoms. The highest BCUT2D eigenvalue weighted by Gasteiger charge is 2.25. The van der Waals surface area contributed by atoms with Crippen LogP contribution in [0.4, 0.5) is 0 Å². The molecule has 0 fully saturated rings. The monoisotopic (exact) mass is 361 g/mol. The highest BCUT2D eigenvalue weighted by Crippen LogP contribution is 2.32. The van der Waals surface area contributed by atoms with E-state index in [-0.39, 0.29) is 6.54 Å². The number of halogens is 1. The second-order valence-corrected chi connectivity index (χ2v) is 5.93. The number of rotatable bonds is 6. The van der Waals surface area contributed by atoms with Crippen LogP contribution in [-0.4, -0.2) is 11.7 Å². The maximum absolute atomic E-state index is 10.5. The number of hydrogen-bond acceptors (Lipinski definition) is 3. The average Bonchev–Trinajstić information content (AvgIpc) is 2.53. The van der Waals surface area contributed by atoms with Crippen LogP contribution in [0.1, 0.15) is 18.1 Å². The normalized spacial score (nSPS) is 13.0. The fraction of sp³-hybridized carbons (Fsp3) is 0.250. The van der Waals surface area contributed by atoms with E-state index in [9.17, 15) is 5.11 Å². The van der Waals surface area contributed by atoms with Crippen molar-refractivity contribution in [3.05, 3.63) is 74.6 Å². The Morgan fingerprint density at radius 2 is 2.00 bits per heavy atom. The minimum Gasteiger partial charge on any atom is -0.489 e. The summed E-state index contributed by atoms with van der Waals surface area (Å²) in [6, 6.07) is 15.2. The van der Waals surface area contributed by atoms with Crippen molar-refractivity contribution in [1.29, 1.82) is 0 Å². The molecule has 1 N–H and O–H groups in total. The third-order valence-electron chi connectivity index (χ3n) is 3.21. The van der Waals surface area contributed by atoms with Crippen LogP contribution in [0, 0.1) is 0 Å². The average molecular weight is 362 g/mol. The van der Waals surface area contributed by atoms with Crippen LogP contribution in [0.5, 0.6) is 5.75 Å². The molecule has 1 atom stereocenters. The fourth-order valence-electron chi connectivity index (χ4n) is 2.00. The van der Waals surface area contributed by atoms with E-state index in [1.807, 2.05) is 36.4 Å². The quantitative estimate of drug-likeness (QED) is 0.465. The Morgan fingerprint density at radius 1 is 1.27 bits per heavy atom. The van der Waals surface area contributed by atoms with Gasteiger partial charge in [0, 0.05) is 14.9 Å². The minimum absolute atomic E-state index is 0.0514. The van der Waals surface area contributed by atoms with Gasteiger partial charge in [-0.3, -0.25) is 0 Å². The fourth-order valence-corrected chi connectivity index (χ4v) is 2.68. The Bertz CT molecular complexity index is 683. The summed E-state index contributed by atoms with van der Waals surface area (Å²) in [6.45, 7) is 1.99. The molecule has 0 spiro atoms. The van der Waals surface area contributed by atoms with Crippen molar-refractivity contribution in [3.63, 3.8) is 0 Å². The third-order valence-corrected chi connectivity index (χ3v) is 3.90. The van der Waals surface area contributed by atoms with Gasteiger partial charge in [-0.1, -0.05) is 51.4 Å². The molecule has 0 aliphatic rings. The molecule has 0 aliphatic heterocycles. The highest BCUT2D eigenvalue weighted by molar-refractivity contribution is 9.10. The Kier molecular flexibility index (Phi) is 5.44. The SMILES string of the molecule is CC(O)(CN=[N+]=[N-])c1cc(OCc2ccccc2)ccc1Br. The molecule has 0 radical (unpaired) electrons. The van der Waals surface area contributed by atoms with Crippen LogP contribution in [0.15, 0.2) is 58.1 Å². The number of nitrogens with zero attached hydrogens (tertiary/aromatic N) is 3. The van der Waals surface area contributed by atoms with Gasteiger partial charge in [-0.05, 0) is 36.2 Å². The highest BCUT2D eigenvalue weighted by atomic mass is 79.9. The number of benzene rings is 2. The molecule has 6 heteroatoms. The van der Waals surface area contributed by atoms with Gasteiger partial charge in [-0.15, -0.1) is 0 Å². The molecule has 0 bridgehead atoms. The van der Waals surface area contributed by atoms with Gasteiger partial charge >= 0.3 is 0 Å². The summed E-state index contributed by atoms with van der Waals surface area (Å²) < 4.78 is 6.49. The molecule has 2 aromatic rings. The lowest BCUT2D eigenvalue weighted by Crippen LogP contribution is -2.25. The first kappa shape index (κ1) is 16.4. The van der Waals surface area contributed by atoms with Crippen LogP contribution >= 0.6 is 15.9 Å². The van der Waals surface area contributed by atoms with E-state index in [1.54, 1.807) is 19.1 Å². The van der Waals surface area contributed by atoms with Crippen molar-refractivity contribution in [2.45, 2.75) is 19.1 Å². The van der Waals surface area contributed by atoms with E-state index in [0.717, 1.165) is 10.0 Å². The van der Waals surface area contributed by atoms with Crippen molar-refractivity contribution in [1.82, 2.24) is 0 Å². The molecule has 0 saturated heterocycles. The predicted molar refractivity (Wildman–Crippen MR) is 88.5 cm³/mol. The first-order valence-electron chi connectivity index (χ1n) is 6.73. The summed E-state index contributed by atoms with van der Waals surface area (Å²) in [5.74, 6) is 0.642. The van der Waals surface area contributed by atoms with Crippen molar-refractivity contribution in [3.8, 4) is 5.75 Å². The van der Waals surface area contributed by atoms with Gasteiger partial charge in [-0.25, -0.2) is 0 Å². The van der Waals surface area contributed by atoms with Gasteiger partial charge in [-0.2, -0.15) is 0 Å². The first-order chi connectivity index (χ1) is 10.5. The maximum Gasteiger partial charge on any atom is 0.120 e. The van der Waals surface area contributed by atoms with E-state index in [0.29, 0.717) is 17.9 Å². The molecular formula is C16H16BrN3O2. The zero-order valence-corrected chi connectivity index (χ0v) is 13.7. The largest absolute Gasteiger partial charge is 0.489 e. The Hall–Kier alpha value is -2.01. The second kappa shape index (κ2) is 7.31. The molecule has 2 aromatic carbocycles. The Morgan fingerprint density at radius 3 is 2.68 bits per heavy atom. The second-order valence-electron chi connectivity index (χ2n) is 5.08. The summed E-state index contributed by atoms with van der Waals surface area (Å²) in [6.07, 6.45) is 0. The zero-order valence-electron chi connectivity index (χ0n) is 12.1. The lowest BCUT2D eigenvalue weighted by molar-refractivity contribution is 0.0658. The van der Waals surface area contributed by atoms with Crippen LogP contribution in [0.2, 0.25) is 0 Å². The van der Waals surface area contributed by atoms with Gasteiger partial charge in [0.2, 0.25) is 0 Å². The standard InChI is InChI=1S/C16H16BrN3O2/c1-16(21,11-19-20-18)14-9-13(7-8-15(14)17)22-10-12-5-3-2-4-6-12/h2-9,21H,10-11H2,1H3. The smallest absolute Gasteiger partial charge is 0.120 e. The van der Waals surface area contributed by atoms with Crippen molar-refractivity contribution in [2.24, 2.45) is 5.11 Å². The third kappa shape index (κ3) is 4.24. The maximum atomic E-state index is 10.5. The van der Waals surface area contributed by atoms with Crippen molar-refractivity contribution < 1.29 is 9.84 Å². The first-order valence-corrected chi connectivity index (χ1v) is 7.52. The van der Waals surface area contributed by atoms with Crippen LogP contribution in [-0.2, 0) is 12.2 Å². The van der Waals surface area contributed by atoms with Crippen LogP contribution in [0.25, 0.3) is 10.4 Å². The Balaban J connectivity index is 2.17. The Labute approximate surface area is 137 Å². The molecule has 0 heterocycles. The molecule has 2 rings (SSSR count). The summed E-state index contributed by atoms with van der Waals surface area (Å²) in [5, 5.41) is 13.9. The van der Waals surface area contributed by atoms with Crippen LogP contribution in [0.3, 0.4) is 0 Å².